The number of rotatable bonds is 3. The maximum atomic E-state index is 9.47. The van der Waals surface area contributed by atoms with Crippen molar-refractivity contribution >= 4 is 0 Å². The van der Waals surface area contributed by atoms with Crippen LogP contribution in [0.25, 0.3) is 0 Å². The summed E-state index contributed by atoms with van der Waals surface area (Å²) in [6, 6.07) is 9.44. The zero-order valence-corrected chi connectivity index (χ0v) is 10.5. The highest BCUT2D eigenvalue weighted by molar-refractivity contribution is 5.43. The van der Waals surface area contributed by atoms with E-state index in [-0.39, 0.29) is 28.9 Å². The molecule has 0 fully saturated rings. The van der Waals surface area contributed by atoms with Crippen LogP contribution < -0.4 is 0 Å². The van der Waals surface area contributed by atoms with Crippen LogP contribution in [0.5, 0.6) is 23.0 Å². The topological polar surface area (TPSA) is 80.9 Å². The summed E-state index contributed by atoms with van der Waals surface area (Å²) in [5.74, 6) is -0.455. The molecule has 2 rings (SSSR count). The number of phenolic OH excluding ortho intramolecular Hbond substituents is 4. The summed E-state index contributed by atoms with van der Waals surface area (Å²) in [5, 5.41) is 37.4. The van der Waals surface area contributed by atoms with Gasteiger partial charge in [0, 0.05) is 0 Å². The minimum Gasteiger partial charge on any atom is -0.504 e. The molecule has 2 aromatic carbocycles. The van der Waals surface area contributed by atoms with Gasteiger partial charge in [0.1, 0.15) is 0 Å². The molecule has 100 valence electrons. The Balaban J connectivity index is 2.17. The van der Waals surface area contributed by atoms with Gasteiger partial charge < -0.3 is 20.4 Å². The van der Waals surface area contributed by atoms with E-state index in [9.17, 15) is 20.4 Å². The Morgan fingerprint density at radius 2 is 1.37 bits per heavy atom. The lowest BCUT2D eigenvalue weighted by molar-refractivity contribution is 0.402. The number of hydrogen-bond acceptors (Lipinski definition) is 4. The Morgan fingerprint density at radius 1 is 0.789 bits per heavy atom. The van der Waals surface area contributed by atoms with Crippen LogP contribution in [0, 0.1) is 0 Å². The summed E-state index contributed by atoms with van der Waals surface area (Å²) in [6.45, 7) is 1.98. The van der Waals surface area contributed by atoms with E-state index in [2.05, 4.69) is 0 Å². The highest BCUT2D eigenvalue weighted by Gasteiger charge is 2.10. The Hall–Kier alpha value is -2.36. The van der Waals surface area contributed by atoms with Crippen LogP contribution >= 0.6 is 0 Å². The zero-order chi connectivity index (χ0) is 14.0. The van der Waals surface area contributed by atoms with Crippen molar-refractivity contribution in [2.75, 3.05) is 0 Å². The molecule has 4 heteroatoms. The van der Waals surface area contributed by atoms with Gasteiger partial charge in [-0.25, -0.2) is 0 Å². The van der Waals surface area contributed by atoms with Crippen molar-refractivity contribution in [2.24, 2.45) is 0 Å². The summed E-state index contributed by atoms with van der Waals surface area (Å²) in [6.07, 6.45) is 0.651. The molecule has 0 aliphatic heterocycles. The van der Waals surface area contributed by atoms with Gasteiger partial charge in [-0.05, 0) is 47.7 Å². The zero-order valence-electron chi connectivity index (χ0n) is 10.5. The second-order valence-corrected chi connectivity index (χ2v) is 4.68. The molecular weight excluding hydrogens is 244 g/mol. The van der Waals surface area contributed by atoms with Gasteiger partial charge in [-0.3, -0.25) is 0 Å². The molecule has 19 heavy (non-hydrogen) atoms. The third-order valence-electron chi connectivity index (χ3n) is 3.15. The predicted octanol–water partition coefficient (Wildman–Crippen LogP) is 2.86. The molecule has 4 N–H and O–H groups in total. The van der Waals surface area contributed by atoms with Gasteiger partial charge in [0.2, 0.25) is 0 Å². The fourth-order valence-corrected chi connectivity index (χ4v) is 2.01. The first-order valence-corrected chi connectivity index (χ1v) is 6.00. The van der Waals surface area contributed by atoms with Gasteiger partial charge in [-0.2, -0.15) is 0 Å². The van der Waals surface area contributed by atoms with Crippen molar-refractivity contribution in [3.05, 3.63) is 47.5 Å². The second kappa shape index (κ2) is 5.10. The van der Waals surface area contributed by atoms with Crippen LogP contribution in [-0.4, -0.2) is 20.4 Å². The van der Waals surface area contributed by atoms with Crippen LogP contribution in [0.15, 0.2) is 36.4 Å². The molecular formula is C15H16O4. The fourth-order valence-electron chi connectivity index (χ4n) is 2.01. The van der Waals surface area contributed by atoms with Crippen LogP contribution in [0.3, 0.4) is 0 Å². The molecule has 0 radical (unpaired) electrons. The lowest BCUT2D eigenvalue weighted by Gasteiger charge is -2.13. The van der Waals surface area contributed by atoms with E-state index >= 15 is 0 Å². The molecule has 0 aliphatic carbocycles. The monoisotopic (exact) mass is 260 g/mol. The molecule has 1 atom stereocenters. The maximum absolute atomic E-state index is 9.47. The first kappa shape index (κ1) is 13.1. The Labute approximate surface area is 111 Å². The van der Waals surface area contributed by atoms with Gasteiger partial charge >= 0.3 is 0 Å². The first-order valence-electron chi connectivity index (χ1n) is 6.00. The summed E-state index contributed by atoms with van der Waals surface area (Å²) >= 11 is 0. The van der Waals surface area contributed by atoms with Crippen molar-refractivity contribution in [3.63, 3.8) is 0 Å². The van der Waals surface area contributed by atoms with Gasteiger partial charge in [0.05, 0.1) is 0 Å². The van der Waals surface area contributed by atoms with E-state index < -0.39 is 0 Å². The second-order valence-electron chi connectivity index (χ2n) is 4.68. The van der Waals surface area contributed by atoms with Gasteiger partial charge in [-0.1, -0.05) is 19.1 Å². The molecule has 0 amide bonds. The Morgan fingerprint density at radius 3 is 1.95 bits per heavy atom. The van der Waals surface area contributed by atoms with Crippen molar-refractivity contribution in [1.29, 1.82) is 0 Å². The predicted molar refractivity (Wildman–Crippen MR) is 71.7 cm³/mol. The van der Waals surface area contributed by atoms with E-state index in [4.69, 9.17) is 0 Å². The van der Waals surface area contributed by atoms with Crippen LogP contribution in [-0.2, 0) is 6.42 Å². The first-order chi connectivity index (χ1) is 8.97. The smallest absolute Gasteiger partial charge is 0.157 e. The number of phenols is 4. The van der Waals surface area contributed by atoms with E-state index in [1.807, 2.05) is 6.92 Å². The van der Waals surface area contributed by atoms with E-state index in [1.54, 1.807) is 12.1 Å². The standard InChI is InChI=1S/C15H16O4/c1-9(11-3-5-13(17)15(19)8-11)6-10-2-4-12(16)14(18)7-10/h2-5,7-9,16-19H,6H2,1H3. The Bertz CT molecular complexity index is 593. The quantitative estimate of drug-likeness (QED) is 0.640. The minimum atomic E-state index is -0.141. The largest absolute Gasteiger partial charge is 0.504 e. The average molecular weight is 260 g/mol. The lowest BCUT2D eigenvalue weighted by Crippen LogP contribution is -1.98. The third kappa shape index (κ3) is 2.91. The summed E-state index contributed by atoms with van der Waals surface area (Å²) in [5.41, 5.74) is 1.78. The fraction of sp³-hybridized carbons (Fsp3) is 0.200. The van der Waals surface area contributed by atoms with Crippen LogP contribution in [0.4, 0.5) is 0 Å². The molecule has 0 heterocycles. The van der Waals surface area contributed by atoms with Gasteiger partial charge in [0.25, 0.3) is 0 Å². The highest BCUT2D eigenvalue weighted by Crippen LogP contribution is 2.31. The molecule has 4 nitrogen and oxygen atoms in total. The molecule has 0 saturated carbocycles. The van der Waals surface area contributed by atoms with Crippen molar-refractivity contribution in [1.82, 2.24) is 0 Å². The molecule has 0 aromatic heterocycles. The molecule has 0 spiro atoms. The number of aromatic hydroxyl groups is 4. The summed E-state index contributed by atoms with van der Waals surface area (Å²) < 4.78 is 0. The third-order valence-corrected chi connectivity index (χ3v) is 3.15. The molecule has 1 unspecified atom stereocenters. The van der Waals surface area contributed by atoms with Gasteiger partial charge in [-0.15, -0.1) is 0 Å². The van der Waals surface area contributed by atoms with E-state index in [0.29, 0.717) is 6.42 Å². The molecule has 0 aliphatic rings. The van der Waals surface area contributed by atoms with E-state index in [1.165, 1.54) is 24.3 Å². The van der Waals surface area contributed by atoms with Crippen molar-refractivity contribution in [2.45, 2.75) is 19.3 Å². The van der Waals surface area contributed by atoms with Crippen LogP contribution in [0.1, 0.15) is 24.0 Å². The Kier molecular flexibility index (Phi) is 3.51. The van der Waals surface area contributed by atoms with Gasteiger partial charge in [0.15, 0.2) is 23.0 Å². The maximum Gasteiger partial charge on any atom is 0.157 e. The SMILES string of the molecule is CC(Cc1ccc(O)c(O)c1)c1ccc(O)c(O)c1. The van der Waals surface area contributed by atoms with E-state index in [0.717, 1.165) is 11.1 Å². The molecule has 0 saturated heterocycles. The lowest BCUT2D eigenvalue weighted by atomic mass is 9.93. The van der Waals surface area contributed by atoms with Crippen molar-refractivity contribution in [3.8, 4) is 23.0 Å². The molecule has 2 aromatic rings. The average Bonchev–Trinajstić information content (AvgIpc) is 2.37. The number of hydrogen-bond donors (Lipinski definition) is 4. The molecule has 0 bridgehead atoms. The number of benzene rings is 2. The minimum absolute atomic E-state index is 0.107. The highest BCUT2D eigenvalue weighted by atomic mass is 16.3. The van der Waals surface area contributed by atoms with Crippen LogP contribution in [0.2, 0.25) is 0 Å². The van der Waals surface area contributed by atoms with Crippen molar-refractivity contribution < 1.29 is 20.4 Å². The summed E-state index contributed by atoms with van der Waals surface area (Å²) in [7, 11) is 0. The normalized spacial score (nSPS) is 12.3. The summed E-state index contributed by atoms with van der Waals surface area (Å²) in [4.78, 5) is 0.